The molecule has 4 rings (SSSR count). The average Bonchev–Trinajstić information content (AvgIpc) is 2.49. The molecule has 1 atom stereocenters. The predicted octanol–water partition coefficient (Wildman–Crippen LogP) is 1.13. The molecule has 3 saturated heterocycles. The van der Waals surface area contributed by atoms with E-state index < -0.39 is 10.0 Å². The van der Waals surface area contributed by atoms with Crippen LogP contribution < -0.4 is 4.72 Å². The van der Waals surface area contributed by atoms with Crippen molar-refractivity contribution < 1.29 is 8.42 Å². The molecule has 3 heterocycles. The van der Waals surface area contributed by atoms with Gasteiger partial charge in [0, 0.05) is 12.6 Å². The van der Waals surface area contributed by atoms with Crippen LogP contribution in [0.5, 0.6) is 0 Å². The Hall–Kier alpha value is -1.42. The van der Waals surface area contributed by atoms with Crippen LogP contribution in [0.4, 0.5) is 0 Å². The van der Waals surface area contributed by atoms with Crippen LogP contribution in [0.15, 0.2) is 29.2 Å². The number of rotatable bonds is 4. The molecule has 0 radical (unpaired) electrons. The number of piperidine rings is 3. The standard InChI is InChI=1S/C15H19N3O2S/c16-8-5-12-1-3-14(4-2-12)21(19,20)17-15-11-18-9-6-13(15)7-10-18/h1-4,13,15,17H,5-7,9-11H2. The molecule has 1 N–H and O–H groups in total. The van der Waals surface area contributed by atoms with Crippen molar-refractivity contribution in [2.45, 2.75) is 30.2 Å². The summed E-state index contributed by atoms with van der Waals surface area (Å²) in [4.78, 5) is 2.60. The second-order valence-electron chi connectivity index (χ2n) is 5.84. The van der Waals surface area contributed by atoms with Crippen molar-refractivity contribution in [3.05, 3.63) is 29.8 Å². The van der Waals surface area contributed by atoms with Crippen LogP contribution in [0.1, 0.15) is 18.4 Å². The Labute approximate surface area is 125 Å². The zero-order valence-electron chi connectivity index (χ0n) is 11.8. The molecule has 0 spiro atoms. The smallest absolute Gasteiger partial charge is 0.240 e. The molecule has 3 aliphatic rings. The molecule has 1 aromatic rings. The zero-order chi connectivity index (χ0) is 14.9. The highest BCUT2D eigenvalue weighted by atomic mass is 32.2. The van der Waals surface area contributed by atoms with E-state index in [1.165, 1.54) is 0 Å². The van der Waals surface area contributed by atoms with Crippen LogP contribution in [-0.2, 0) is 16.4 Å². The lowest BCUT2D eigenvalue weighted by molar-refractivity contribution is 0.0827. The van der Waals surface area contributed by atoms with Crippen molar-refractivity contribution >= 4 is 10.0 Å². The van der Waals surface area contributed by atoms with E-state index in [4.69, 9.17) is 5.26 Å². The van der Waals surface area contributed by atoms with Gasteiger partial charge in [0.1, 0.15) is 0 Å². The molecule has 3 fully saturated rings. The van der Waals surface area contributed by atoms with E-state index in [1.54, 1.807) is 24.3 Å². The van der Waals surface area contributed by atoms with Crippen LogP contribution in [0, 0.1) is 17.2 Å². The van der Waals surface area contributed by atoms with Gasteiger partial charge in [-0.2, -0.15) is 5.26 Å². The maximum absolute atomic E-state index is 12.5. The summed E-state index contributed by atoms with van der Waals surface area (Å²) in [6.07, 6.45) is 2.45. The Kier molecular flexibility index (Phi) is 3.98. The third-order valence-corrected chi connectivity index (χ3v) is 5.99. The third kappa shape index (κ3) is 3.10. The molecule has 0 saturated carbocycles. The zero-order valence-corrected chi connectivity index (χ0v) is 12.6. The molecule has 112 valence electrons. The summed E-state index contributed by atoms with van der Waals surface area (Å²) in [6.45, 7) is 2.99. The van der Waals surface area contributed by atoms with Crippen molar-refractivity contribution in [3.8, 4) is 6.07 Å². The molecule has 3 aliphatic heterocycles. The lowest BCUT2D eigenvalue weighted by atomic mass is 9.85. The fourth-order valence-electron chi connectivity index (χ4n) is 3.24. The van der Waals surface area contributed by atoms with Crippen molar-refractivity contribution in [2.75, 3.05) is 19.6 Å². The first-order valence-electron chi connectivity index (χ1n) is 7.29. The maximum Gasteiger partial charge on any atom is 0.240 e. The molecule has 6 heteroatoms. The Bertz CT molecular complexity index is 640. The normalized spacial score (nSPS) is 28.2. The van der Waals surface area contributed by atoms with E-state index in [9.17, 15) is 8.42 Å². The van der Waals surface area contributed by atoms with Gasteiger partial charge in [-0.15, -0.1) is 0 Å². The monoisotopic (exact) mass is 305 g/mol. The molecular weight excluding hydrogens is 286 g/mol. The molecular formula is C15H19N3O2S. The fraction of sp³-hybridized carbons (Fsp3) is 0.533. The van der Waals surface area contributed by atoms with Gasteiger partial charge in [-0.05, 0) is 49.5 Å². The van der Waals surface area contributed by atoms with E-state index in [0.717, 1.165) is 38.0 Å². The van der Waals surface area contributed by atoms with Gasteiger partial charge in [0.25, 0.3) is 0 Å². The third-order valence-electron chi connectivity index (χ3n) is 4.48. The van der Waals surface area contributed by atoms with Gasteiger partial charge in [0.2, 0.25) is 10.0 Å². The largest absolute Gasteiger partial charge is 0.302 e. The lowest BCUT2D eigenvalue weighted by Crippen LogP contribution is -2.57. The molecule has 0 aliphatic carbocycles. The van der Waals surface area contributed by atoms with E-state index in [1.807, 2.05) is 0 Å². The second-order valence-corrected chi connectivity index (χ2v) is 7.56. The van der Waals surface area contributed by atoms with Gasteiger partial charge in [0.05, 0.1) is 17.4 Å². The van der Waals surface area contributed by atoms with Gasteiger partial charge in [0.15, 0.2) is 0 Å². The number of hydrogen-bond donors (Lipinski definition) is 1. The summed E-state index contributed by atoms with van der Waals surface area (Å²) in [5, 5.41) is 8.64. The quantitative estimate of drug-likeness (QED) is 0.905. The van der Waals surface area contributed by atoms with E-state index in [0.29, 0.717) is 12.3 Å². The van der Waals surface area contributed by atoms with Crippen molar-refractivity contribution in [1.82, 2.24) is 9.62 Å². The minimum absolute atomic E-state index is 0.0243. The molecule has 5 nitrogen and oxygen atoms in total. The molecule has 1 unspecified atom stereocenters. The molecule has 0 amide bonds. The summed E-state index contributed by atoms with van der Waals surface area (Å²) < 4.78 is 27.8. The van der Waals surface area contributed by atoms with Crippen LogP contribution in [0.25, 0.3) is 0 Å². The summed E-state index contributed by atoms with van der Waals surface area (Å²) in [5.41, 5.74) is 0.833. The van der Waals surface area contributed by atoms with Gasteiger partial charge >= 0.3 is 0 Å². The van der Waals surface area contributed by atoms with Crippen molar-refractivity contribution in [3.63, 3.8) is 0 Å². The highest BCUT2D eigenvalue weighted by Gasteiger charge is 2.36. The van der Waals surface area contributed by atoms with Crippen LogP contribution in [0.3, 0.4) is 0 Å². The van der Waals surface area contributed by atoms with Gasteiger partial charge in [-0.3, -0.25) is 0 Å². The minimum Gasteiger partial charge on any atom is -0.302 e. The average molecular weight is 305 g/mol. The Morgan fingerprint density at radius 3 is 2.43 bits per heavy atom. The lowest BCUT2D eigenvalue weighted by Gasteiger charge is -2.44. The highest BCUT2D eigenvalue weighted by molar-refractivity contribution is 7.89. The number of fused-ring (bicyclic) bond motifs is 3. The number of sulfonamides is 1. The van der Waals surface area contributed by atoms with Crippen LogP contribution in [-0.4, -0.2) is 39.0 Å². The molecule has 2 bridgehead atoms. The Balaban J connectivity index is 1.73. The first-order chi connectivity index (χ1) is 10.1. The number of benzene rings is 1. The van der Waals surface area contributed by atoms with Crippen molar-refractivity contribution in [2.24, 2.45) is 5.92 Å². The van der Waals surface area contributed by atoms with Crippen molar-refractivity contribution in [1.29, 1.82) is 5.26 Å². The van der Waals surface area contributed by atoms with Gasteiger partial charge < -0.3 is 4.90 Å². The molecule has 0 aromatic heterocycles. The first kappa shape index (κ1) is 14.5. The highest BCUT2D eigenvalue weighted by Crippen LogP contribution is 2.28. The minimum atomic E-state index is -3.47. The summed E-state index contributed by atoms with van der Waals surface area (Å²) in [6, 6.07) is 8.64. The Morgan fingerprint density at radius 2 is 1.90 bits per heavy atom. The fourth-order valence-corrected chi connectivity index (χ4v) is 4.54. The van der Waals surface area contributed by atoms with E-state index >= 15 is 0 Å². The summed E-state index contributed by atoms with van der Waals surface area (Å²) in [7, 11) is -3.47. The number of hydrogen-bond acceptors (Lipinski definition) is 4. The SMILES string of the molecule is N#CCc1ccc(S(=O)(=O)NC2CN3CCC2CC3)cc1. The number of nitrogens with zero attached hydrogens (tertiary/aromatic N) is 2. The summed E-state index contributed by atoms with van der Waals surface area (Å²) >= 11 is 0. The molecule has 21 heavy (non-hydrogen) atoms. The van der Waals surface area contributed by atoms with Gasteiger partial charge in [-0.25, -0.2) is 13.1 Å². The second kappa shape index (κ2) is 5.76. The number of nitriles is 1. The predicted molar refractivity (Wildman–Crippen MR) is 79.0 cm³/mol. The van der Waals surface area contributed by atoms with E-state index in [2.05, 4.69) is 15.7 Å². The van der Waals surface area contributed by atoms with Gasteiger partial charge in [-0.1, -0.05) is 12.1 Å². The summed E-state index contributed by atoms with van der Waals surface area (Å²) in [5.74, 6) is 0.461. The maximum atomic E-state index is 12.5. The molecule has 1 aromatic carbocycles. The Morgan fingerprint density at radius 1 is 1.24 bits per heavy atom. The topological polar surface area (TPSA) is 73.2 Å². The van der Waals surface area contributed by atoms with Crippen LogP contribution >= 0.6 is 0 Å². The van der Waals surface area contributed by atoms with E-state index in [-0.39, 0.29) is 10.9 Å². The number of nitrogens with one attached hydrogen (secondary N) is 1. The first-order valence-corrected chi connectivity index (χ1v) is 8.77. The van der Waals surface area contributed by atoms with Crippen LogP contribution in [0.2, 0.25) is 0 Å².